The molecule has 0 saturated heterocycles. The Labute approximate surface area is 133 Å². The van der Waals surface area contributed by atoms with Crippen LogP contribution in [0.15, 0.2) is 16.6 Å². The average Bonchev–Trinajstić information content (AvgIpc) is 2.34. The van der Waals surface area contributed by atoms with Gasteiger partial charge in [0.15, 0.2) is 0 Å². The molecule has 0 aromatic heterocycles. The molecule has 0 bridgehead atoms. The van der Waals surface area contributed by atoms with E-state index in [1.807, 2.05) is 6.92 Å². The third-order valence-electron chi connectivity index (χ3n) is 3.05. The summed E-state index contributed by atoms with van der Waals surface area (Å²) in [7, 11) is 0. The summed E-state index contributed by atoms with van der Waals surface area (Å²) in [5.74, 6) is 0.610. The molecule has 1 unspecified atom stereocenters. The highest BCUT2D eigenvalue weighted by atomic mass is 79.9. The molecule has 1 rings (SSSR count). The molecule has 19 heavy (non-hydrogen) atoms. The van der Waals surface area contributed by atoms with Crippen LogP contribution in [0.25, 0.3) is 0 Å². The van der Waals surface area contributed by atoms with Gasteiger partial charge in [-0.15, -0.1) is 0 Å². The maximum absolute atomic E-state index is 6.13. The van der Waals surface area contributed by atoms with E-state index in [1.165, 1.54) is 0 Å². The van der Waals surface area contributed by atoms with Crippen LogP contribution < -0.4 is 10.1 Å². The molecule has 0 heterocycles. The van der Waals surface area contributed by atoms with E-state index < -0.39 is 0 Å². The second-order valence-corrected chi connectivity index (χ2v) is 6.91. The van der Waals surface area contributed by atoms with E-state index in [-0.39, 0.29) is 11.6 Å². The molecule has 2 nitrogen and oxygen atoms in total. The van der Waals surface area contributed by atoms with Gasteiger partial charge in [0.05, 0.1) is 10.0 Å². The van der Waals surface area contributed by atoms with Gasteiger partial charge in [0.25, 0.3) is 0 Å². The summed E-state index contributed by atoms with van der Waals surface area (Å²) in [6.45, 7) is 9.26. The van der Waals surface area contributed by atoms with Crippen molar-refractivity contribution < 1.29 is 4.74 Å². The highest BCUT2D eigenvalue weighted by molar-refractivity contribution is 9.10. The van der Waals surface area contributed by atoms with Crippen LogP contribution in [0.3, 0.4) is 0 Å². The predicted octanol–water partition coefficient (Wildman–Crippen LogP) is 5.30. The Morgan fingerprint density at radius 1 is 1.32 bits per heavy atom. The number of nitrogens with one attached hydrogen (secondary N) is 1. The molecule has 108 valence electrons. The molecule has 0 aliphatic rings. The van der Waals surface area contributed by atoms with Gasteiger partial charge in [0.1, 0.15) is 11.9 Å². The normalized spacial score (nSPS) is 13.4. The molecule has 1 N–H and O–H groups in total. The first-order valence-electron chi connectivity index (χ1n) is 6.31. The van der Waals surface area contributed by atoms with E-state index in [4.69, 9.17) is 27.9 Å². The van der Waals surface area contributed by atoms with Crippen LogP contribution in [0.1, 0.15) is 34.1 Å². The quantitative estimate of drug-likeness (QED) is 0.687. The van der Waals surface area contributed by atoms with Crippen LogP contribution in [0.2, 0.25) is 10.0 Å². The summed E-state index contributed by atoms with van der Waals surface area (Å²) in [6.07, 6.45) is 1.07. The van der Waals surface area contributed by atoms with Gasteiger partial charge < -0.3 is 10.1 Å². The second kappa shape index (κ2) is 7.16. The van der Waals surface area contributed by atoms with Crippen molar-refractivity contribution in [3.63, 3.8) is 0 Å². The molecule has 0 aliphatic carbocycles. The fourth-order valence-corrected chi connectivity index (χ4v) is 2.24. The van der Waals surface area contributed by atoms with Crippen molar-refractivity contribution >= 4 is 39.1 Å². The second-order valence-electron chi connectivity index (χ2n) is 5.24. The lowest BCUT2D eigenvalue weighted by atomic mass is 10.0. The monoisotopic (exact) mass is 367 g/mol. The van der Waals surface area contributed by atoms with Crippen LogP contribution in [0.4, 0.5) is 0 Å². The molecule has 1 atom stereocenters. The predicted molar refractivity (Wildman–Crippen MR) is 86.6 cm³/mol. The Morgan fingerprint density at radius 2 is 1.95 bits per heavy atom. The molecule has 0 radical (unpaired) electrons. The van der Waals surface area contributed by atoms with Gasteiger partial charge in [-0.05, 0) is 49.2 Å². The van der Waals surface area contributed by atoms with Gasteiger partial charge in [-0.1, -0.05) is 30.1 Å². The van der Waals surface area contributed by atoms with Crippen molar-refractivity contribution in [2.45, 2.75) is 45.8 Å². The van der Waals surface area contributed by atoms with Crippen LogP contribution in [-0.2, 0) is 0 Å². The SMILES string of the molecule is CCC(C)(C)NCC(C)Oc1cc(Cl)c(Br)cc1Cl. The van der Waals surface area contributed by atoms with Crippen LogP contribution in [0.5, 0.6) is 5.75 Å². The minimum atomic E-state index is 0.0144. The van der Waals surface area contributed by atoms with Crippen LogP contribution >= 0.6 is 39.1 Å². The first-order valence-corrected chi connectivity index (χ1v) is 7.86. The minimum absolute atomic E-state index is 0.0144. The van der Waals surface area contributed by atoms with Crippen LogP contribution in [0, 0.1) is 0 Å². The average molecular weight is 369 g/mol. The van der Waals surface area contributed by atoms with Gasteiger partial charge in [-0.3, -0.25) is 0 Å². The molecule has 0 fully saturated rings. The topological polar surface area (TPSA) is 21.3 Å². The molecule has 0 spiro atoms. The molecule has 0 amide bonds. The molecule has 0 aliphatic heterocycles. The Kier molecular flexibility index (Phi) is 6.44. The fourth-order valence-electron chi connectivity index (χ4n) is 1.40. The Balaban J connectivity index is 2.62. The molecular weight excluding hydrogens is 349 g/mol. The maximum Gasteiger partial charge on any atom is 0.139 e. The number of ether oxygens (including phenoxy) is 1. The van der Waals surface area contributed by atoms with Gasteiger partial charge in [0, 0.05) is 22.6 Å². The summed E-state index contributed by atoms with van der Waals surface area (Å²) >= 11 is 15.5. The van der Waals surface area contributed by atoms with Gasteiger partial charge in [-0.2, -0.15) is 0 Å². The van der Waals surface area contributed by atoms with Crippen molar-refractivity contribution in [2.24, 2.45) is 0 Å². The Bertz CT molecular complexity index is 438. The number of halogens is 3. The van der Waals surface area contributed by atoms with Gasteiger partial charge >= 0.3 is 0 Å². The van der Waals surface area contributed by atoms with Crippen molar-refractivity contribution in [1.29, 1.82) is 0 Å². The highest BCUT2D eigenvalue weighted by Gasteiger charge is 2.16. The zero-order valence-electron chi connectivity index (χ0n) is 11.7. The number of hydrogen-bond donors (Lipinski definition) is 1. The first-order chi connectivity index (χ1) is 8.75. The largest absolute Gasteiger partial charge is 0.488 e. The summed E-state index contributed by atoms with van der Waals surface area (Å²) in [6, 6.07) is 3.48. The minimum Gasteiger partial charge on any atom is -0.488 e. The van der Waals surface area contributed by atoms with E-state index in [1.54, 1.807) is 12.1 Å². The zero-order valence-corrected chi connectivity index (χ0v) is 14.8. The smallest absolute Gasteiger partial charge is 0.139 e. The summed E-state index contributed by atoms with van der Waals surface area (Å²) in [5, 5.41) is 4.61. The van der Waals surface area contributed by atoms with Gasteiger partial charge in [0.2, 0.25) is 0 Å². The molecular formula is C14H20BrCl2NO. The lowest BCUT2D eigenvalue weighted by Gasteiger charge is -2.27. The number of benzene rings is 1. The summed E-state index contributed by atoms with van der Waals surface area (Å²) in [4.78, 5) is 0. The lowest BCUT2D eigenvalue weighted by molar-refractivity contribution is 0.199. The summed E-state index contributed by atoms with van der Waals surface area (Å²) in [5.41, 5.74) is 0.110. The molecule has 0 saturated carbocycles. The molecule has 5 heteroatoms. The maximum atomic E-state index is 6.13. The van der Waals surface area contributed by atoms with E-state index in [9.17, 15) is 0 Å². The highest BCUT2D eigenvalue weighted by Crippen LogP contribution is 2.34. The van der Waals surface area contributed by atoms with Crippen molar-refractivity contribution in [2.75, 3.05) is 6.54 Å². The van der Waals surface area contributed by atoms with Gasteiger partial charge in [-0.25, -0.2) is 0 Å². The Hall–Kier alpha value is 0.0400. The number of rotatable bonds is 6. The van der Waals surface area contributed by atoms with E-state index >= 15 is 0 Å². The van der Waals surface area contributed by atoms with E-state index in [0.717, 1.165) is 17.4 Å². The number of hydrogen-bond acceptors (Lipinski definition) is 2. The summed E-state index contributed by atoms with van der Waals surface area (Å²) < 4.78 is 6.59. The van der Waals surface area contributed by atoms with Crippen molar-refractivity contribution in [3.8, 4) is 5.75 Å². The third-order valence-corrected chi connectivity index (χ3v) is 4.55. The Morgan fingerprint density at radius 3 is 2.53 bits per heavy atom. The van der Waals surface area contributed by atoms with Crippen molar-refractivity contribution in [1.82, 2.24) is 5.32 Å². The molecule has 1 aromatic carbocycles. The standard InChI is InChI=1S/C14H20BrCl2NO/c1-5-14(3,4)18-8-9(2)19-13-7-11(16)10(15)6-12(13)17/h6-7,9,18H,5,8H2,1-4H3. The zero-order chi connectivity index (χ0) is 14.6. The molecule has 1 aromatic rings. The van der Waals surface area contributed by atoms with Crippen LogP contribution in [-0.4, -0.2) is 18.2 Å². The van der Waals surface area contributed by atoms with E-state index in [2.05, 4.69) is 42.0 Å². The van der Waals surface area contributed by atoms with Crippen molar-refractivity contribution in [3.05, 3.63) is 26.7 Å². The lowest BCUT2D eigenvalue weighted by Crippen LogP contribution is -2.43. The fraction of sp³-hybridized carbons (Fsp3) is 0.571. The van der Waals surface area contributed by atoms with E-state index in [0.29, 0.717) is 15.8 Å². The third kappa shape index (κ3) is 5.50. The first kappa shape index (κ1) is 17.1.